The van der Waals surface area contributed by atoms with E-state index in [1.165, 1.54) is 23.1 Å². The maximum absolute atomic E-state index is 13.6. The van der Waals surface area contributed by atoms with E-state index in [1.54, 1.807) is 45.3 Å². The van der Waals surface area contributed by atoms with Crippen LogP contribution >= 0.6 is 0 Å². The number of hydrogen-bond acceptors (Lipinski definition) is 3. The van der Waals surface area contributed by atoms with E-state index in [9.17, 15) is 19.1 Å². The van der Waals surface area contributed by atoms with Crippen LogP contribution in [0.2, 0.25) is 0 Å². The van der Waals surface area contributed by atoms with Crippen molar-refractivity contribution in [3.63, 3.8) is 0 Å². The van der Waals surface area contributed by atoms with Gasteiger partial charge in [0.25, 0.3) is 5.91 Å². The van der Waals surface area contributed by atoms with Gasteiger partial charge in [-0.1, -0.05) is 24.3 Å². The summed E-state index contributed by atoms with van der Waals surface area (Å²) in [5.41, 5.74) is 1.82. The van der Waals surface area contributed by atoms with Crippen LogP contribution in [0.15, 0.2) is 42.5 Å². The molecule has 0 saturated heterocycles. The van der Waals surface area contributed by atoms with Gasteiger partial charge in [-0.05, 0) is 30.7 Å². The predicted molar refractivity (Wildman–Crippen MR) is 97.6 cm³/mol. The number of halogens is 1. The first-order valence-corrected chi connectivity index (χ1v) is 8.09. The second kappa shape index (κ2) is 8.44. The van der Waals surface area contributed by atoms with E-state index < -0.39 is 18.0 Å². The summed E-state index contributed by atoms with van der Waals surface area (Å²) >= 11 is 0. The molecule has 0 fully saturated rings. The minimum Gasteiger partial charge on any atom is -0.386 e. The number of amides is 3. The molecule has 1 unspecified atom stereocenters. The van der Waals surface area contributed by atoms with Crippen LogP contribution < -0.4 is 10.6 Å². The molecule has 138 valence electrons. The molecule has 6 nitrogen and oxygen atoms in total. The molecule has 0 spiro atoms. The minimum absolute atomic E-state index is 0.113. The first-order chi connectivity index (χ1) is 12.3. The van der Waals surface area contributed by atoms with Gasteiger partial charge in [-0.3, -0.25) is 4.79 Å². The fourth-order valence-corrected chi connectivity index (χ4v) is 2.36. The summed E-state index contributed by atoms with van der Waals surface area (Å²) in [6, 6.07) is 10.3. The Morgan fingerprint density at radius 2 is 1.88 bits per heavy atom. The number of rotatable bonds is 5. The van der Waals surface area contributed by atoms with Crippen molar-refractivity contribution in [1.82, 2.24) is 10.2 Å². The van der Waals surface area contributed by atoms with E-state index in [2.05, 4.69) is 10.6 Å². The number of carbonyl (C=O) groups is 2. The topological polar surface area (TPSA) is 81.7 Å². The second-order valence-electron chi connectivity index (χ2n) is 6.10. The zero-order valence-electron chi connectivity index (χ0n) is 14.9. The lowest BCUT2D eigenvalue weighted by atomic mass is 10.1. The Kier molecular flexibility index (Phi) is 6.30. The molecule has 3 amide bonds. The minimum atomic E-state index is -1.16. The van der Waals surface area contributed by atoms with Crippen molar-refractivity contribution in [3.05, 3.63) is 65.0 Å². The van der Waals surface area contributed by atoms with Crippen LogP contribution in [-0.4, -0.2) is 42.6 Å². The Morgan fingerprint density at radius 1 is 1.19 bits per heavy atom. The van der Waals surface area contributed by atoms with E-state index >= 15 is 0 Å². The molecule has 0 aromatic heterocycles. The van der Waals surface area contributed by atoms with Crippen LogP contribution in [0, 0.1) is 12.7 Å². The van der Waals surface area contributed by atoms with E-state index in [-0.39, 0.29) is 18.0 Å². The molecular weight excluding hydrogens is 337 g/mol. The second-order valence-corrected chi connectivity index (χ2v) is 6.10. The number of anilines is 1. The number of hydrogen-bond donors (Lipinski definition) is 3. The van der Waals surface area contributed by atoms with Crippen LogP contribution in [-0.2, 0) is 0 Å². The third-order valence-corrected chi connectivity index (χ3v) is 3.86. The van der Waals surface area contributed by atoms with Crippen LogP contribution in [0.4, 0.5) is 14.9 Å². The standard InChI is InChI=1S/C19H22FN3O3/c1-12-8-9-13(18(25)23(2)3)10-16(12)22-19(26)21-11-17(24)14-6-4-5-7-15(14)20/h4-10,17,24H,11H2,1-3H3,(H2,21,22,26). The summed E-state index contributed by atoms with van der Waals surface area (Å²) in [6.45, 7) is 1.65. The summed E-state index contributed by atoms with van der Waals surface area (Å²) < 4.78 is 13.6. The van der Waals surface area contributed by atoms with Crippen molar-refractivity contribution >= 4 is 17.6 Å². The quantitative estimate of drug-likeness (QED) is 0.768. The monoisotopic (exact) mass is 359 g/mol. The fraction of sp³-hybridized carbons (Fsp3) is 0.263. The van der Waals surface area contributed by atoms with Crippen molar-refractivity contribution in [2.75, 3.05) is 26.0 Å². The van der Waals surface area contributed by atoms with Gasteiger partial charge in [0.15, 0.2) is 0 Å². The highest BCUT2D eigenvalue weighted by molar-refractivity contribution is 5.97. The summed E-state index contributed by atoms with van der Waals surface area (Å²) in [4.78, 5) is 25.5. The van der Waals surface area contributed by atoms with Gasteiger partial charge in [-0.25, -0.2) is 9.18 Å². The predicted octanol–water partition coefficient (Wildman–Crippen LogP) is 2.69. The van der Waals surface area contributed by atoms with Crippen molar-refractivity contribution in [1.29, 1.82) is 0 Å². The van der Waals surface area contributed by atoms with Gasteiger partial charge in [0.05, 0.1) is 6.10 Å². The third kappa shape index (κ3) is 4.80. The normalized spacial score (nSPS) is 11.6. The largest absolute Gasteiger partial charge is 0.386 e. The van der Waals surface area contributed by atoms with E-state index in [0.29, 0.717) is 11.3 Å². The van der Waals surface area contributed by atoms with Crippen molar-refractivity contribution in [2.45, 2.75) is 13.0 Å². The molecule has 0 radical (unpaired) electrons. The van der Waals surface area contributed by atoms with Gasteiger partial charge in [-0.15, -0.1) is 0 Å². The molecule has 0 saturated carbocycles. The average molecular weight is 359 g/mol. The Bertz CT molecular complexity index is 808. The molecule has 0 aliphatic heterocycles. The molecule has 0 aliphatic rings. The number of aliphatic hydroxyl groups is 1. The first kappa shape index (κ1) is 19.4. The molecule has 1 atom stereocenters. The summed E-state index contributed by atoms with van der Waals surface area (Å²) in [6.07, 6.45) is -1.16. The van der Waals surface area contributed by atoms with Crippen LogP contribution in [0.1, 0.15) is 27.6 Å². The maximum atomic E-state index is 13.6. The van der Waals surface area contributed by atoms with Gasteiger partial charge >= 0.3 is 6.03 Å². The molecule has 0 bridgehead atoms. The highest BCUT2D eigenvalue weighted by atomic mass is 19.1. The Hall–Kier alpha value is -2.93. The maximum Gasteiger partial charge on any atom is 0.319 e. The number of benzene rings is 2. The van der Waals surface area contributed by atoms with Crippen molar-refractivity contribution in [3.8, 4) is 0 Å². The molecule has 2 rings (SSSR count). The Morgan fingerprint density at radius 3 is 2.54 bits per heavy atom. The van der Waals surface area contributed by atoms with Crippen molar-refractivity contribution in [2.24, 2.45) is 0 Å². The van der Waals surface area contributed by atoms with Crippen LogP contribution in [0.5, 0.6) is 0 Å². The number of aliphatic hydroxyl groups excluding tert-OH is 1. The van der Waals surface area contributed by atoms with Gasteiger partial charge in [-0.2, -0.15) is 0 Å². The van der Waals surface area contributed by atoms with Gasteiger partial charge in [0.2, 0.25) is 0 Å². The number of carbonyl (C=O) groups excluding carboxylic acids is 2. The Labute approximate surface area is 151 Å². The van der Waals surface area contributed by atoms with E-state index in [0.717, 1.165) is 5.56 Å². The van der Waals surface area contributed by atoms with E-state index in [1.807, 2.05) is 0 Å². The summed E-state index contributed by atoms with van der Waals surface area (Å²) in [5.74, 6) is -0.712. The summed E-state index contributed by atoms with van der Waals surface area (Å²) in [5, 5.41) is 15.1. The lowest BCUT2D eigenvalue weighted by Gasteiger charge is -2.16. The zero-order valence-corrected chi connectivity index (χ0v) is 14.9. The Balaban J connectivity index is 2.00. The molecule has 26 heavy (non-hydrogen) atoms. The van der Waals surface area contributed by atoms with Gasteiger partial charge in [0, 0.05) is 37.5 Å². The van der Waals surface area contributed by atoms with Crippen molar-refractivity contribution < 1.29 is 19.1 Å². The van der Waals surface area contributed by atoms with Crippen LogP contribution in [0.25, 0.3) is 0 Å². The molecule has 0 aliphatic carbocycles. The fourth-order valence-electron chi connectivity index (χ4n) is 2.36. The van der Waals surface area contributed by atoms with Crippen LogP contribution in [0.3, 0.4) is 0 Å². The van der Waals surface area contributed by atoms with Gasteiger partial charge < -0.3 is 20.6 Å². The molecule has 2 aromatic rings. The lowest BCUT2D eigenvalue weighted by molar-refractivity contribution is 0.0827. The molecular formula is C19H22FN3O3. The average Bonchev–Trinajstić information content (AvgIpc) is 2.61. The number of nitrogens with one attached hydrogen (secondary N) is 2. The summed E-state index contributed by atoms with van der Waals surface area (Å²) in [7, 11) is 3.29. The van der Waals surface area contributed by atoms with E-state index in [4.69, 9.17) is 0 Å². The zero-order chi connectivity index (χ0) is 19.3. The first-order valence-electron chi connectivity index (χ1n) is 8.09. The molecule has 3 N–H and O–H groups in total. The van der Waals surface area contributed by atoms with Gasteiger partial charge in [0.1, 0.15) is 5.82 Å². The number of nitrogens with zero attached hydrogens (tertiary/aromatic N) is 1. The smallest absolute Gasteiger partial charge is 0.319 e. The lowest BCUT2D eigenvalue weighted by Crippen LogP contribution is -2.33. The highest BCUT2D eigenvalue weighted by Crippen LogP contribution is 2.18. The molecule has 7 heteroatoms. The highest BCUT2D eigenvalue weighted by Gasteiger charge is 2.15. The molecule has 2 aromatic carbocycles. The number of urea groups is 1. The third-order valence-electron chi connectivity index (χ3n) is 3.86. The molecule has 0 heterocycles. The number of aryl methyl sites for hydroxylation is 1. The SMILES string of the molecule is Cc1ccc(C(=O)N(C)C)cc1NC(=O)NCC(O)c1ccccc1F.